The van der Waals surface area contributed by atoms with Gasteiger partial charge in [-0.05, 0) is 18.2 Å². The number of thiazole rings is 1. The first kappa shape index (κ1) is 14.9. The van der Waals surface area contributed by atoms with Gasteiger partial charge in [0.05, 0.1) is 23.7 Å². The van der Waals surface area contributed by atoms with Crippen molar-refractivity contribution in [3.8, 4) is 0 Å². The minimum atomic E-state index is -0.529. The molecule has 20 heavy (non-hydrogen) atoms. The molecule has 106 valence electrons. The van der Waals surface area contributed by atoms with Gasteiger partial charge >= 0.3 is 0 Å². The summed E-state index contributed by atoms with van der Waals surface area (Å²) in [4.78, 5) is 17.8. The third-order valence-electron chi connectivity index (χ3n) is 2.54. The number of hydrogen-bond acceptors (Lipinski definition) is 4. The number of halogens is 2. The van der Waals surface area contributed by atoms with Gasteiger partial charge < -0.3 is 4.74 Å². The van der Waals surface area contributed by atoms with Gasteiger partial charge in [-0.25, -0.2) is 9.37 Å². The summed E-state index contributed by atoms with van der Waals surface area (Å²) < 4.78 is 18.1. The van der Waals surface area contributed by atoms with E-state index in [1.54, 1.807) is 11.6 Å². The molecule has 0 saturated carbocycles. The molecule has 0 saturated heterocycles. The second-order valence-electron chi connectivity index (χ2n) is 3.89. The highest BCUT2D eigenvalue weighted by Gasteiger charge is 2.20. The number of amides is 1. The van der Waals surface area contributed by atoms with Crippen LogP contribution in [0.2, 0.25) is 5.02 Å². The Morgan fingerprint density at radius 2 is 2.35 bits per heavy atom. The van der Waals surface area contributed by atoms with Gasteiger partial charge in [-0.3, -0.25) is 9.69 Å². The predicted octanol–water partition coefficient (Wildman–Crippen LogP) is 3.64. The van der Waals surface area contributed by atoms with E-state index in [1.807, 2.05) is 0 Å². The average Bonchev–Trinajstić information content (AvgIpc) is 2.94. The van der Waals surface area contributed by atoms with Gasteiger partial charge in [-0.2, -0.15) is 0 Å². The molecule has 0 aliphatic heterocycles. The molecule has 1 amide bonds. The van der Waals surface area contributed by atoms with Crippen molar-refractivity contribution < 1.29 is 13.9 Å². The fourth-order valence-electron chi connectivity index (χ4n) is 1.61. The summed E-state index contributed by atoms with van der Waals surface area (Å²) in [5.74, 6) is -0.719. The third-order valence-corrected chi connectivity index (χ3v) is 3.59. The van der Waals surface area contributed by atoms with Crippen molar-refractivity contribution in [2.75, 3.05) is 18.6 Å². The molecule has 0 fully saturated rings. The number of carbonyl (C=O) groups is 1. The highest BCUT2D eigenvalue weighted by Crippen LogP contribution is 2.30. The lowest BCUT2D eigenvalue weighted by atomic mass is 10.2. The maximum absolute atomic E-state index is 13.2. The van der Waals surface area contributed by atoms with Gasteiger partial charge in [0, 0.05) is 18.7 Å². The number of methoxy groups -OCH3 is 1. The van der Waals surface area contributed by atoms with Crippen molar-refractivity contribution in [1.82, 2.24) is 4.98 Å². The van der Waals surface area contributed by atoms with E-state index >= 15 is 0 Å². The molecule has 1 aromatic carbocycles. The van der Waals surface area contributed by atoms with Crippen LogP contribution in [0, 0.1) is 5.82 Å². The van der Waals surface area contributed by atoms with Crippen molar-refractivity contribution in [1.29, 1.82) is 0 Å². The molecule has 7 heteroatoms. The lowest BCUT2D eigenvalue weighted by Gasteiger charge is -2.20. The summed E-state index contributed by atoms with van der Waals surface area (Å²) in [5.41, 5.74) is 0.479. The molecule has 0 bridgehead atoms. The van der Waals surface area contributed by atoms with Crippen LogP contribution in [0.15, 0.2) is 29.8 Å². The van der Waals surface area contributed by atoms with Crippen LogP contribution < -0.4 is 4.90 Å². The molecule has 0 spiro atoms. The van der Waals surface area contributed by atoms with E-state index in [4.69, 9.17) is 16.3 Å². The van der Waals surface area contributed by atoms with Crippen LogP contribution in [0.5, 0.6) is 0 Å². The standard InChI is InChI=1S/C13H12ClFN2O2S/c1-19-6-4-12(18)17(13-16-5-7-20-13)9-2-3-11(15)10(14)8-9/h2-3,5,7-8H,4,6H2,1H3. The zero-order valence-corrected chi connectivity index (χ0v) is 12.2. The molecule has 1 heterocycles. The number of hydrogen-bond donors (Lipinski definition) is 0. The first-order valence-electron chi connectivity index (χ1n) is 5.80. The van der Waals surface area contributed by atoms with Gasteiger partial charge in [0.15, 0.2) is 5.13 Å². The minimum absolute atomic E-state index is 0.0383. The summed E-state index contributed by atoms with van der Waals surface area (Å²) in [7, 11) is 1.52. The van der Waals surface area contributed by atoms with Crippen molar-refractivity contribution >= 4 is 39.7 Å². The first-order chi connectivity index (χ1) is 9.63. The van der Waals surface area contributed by atoms with Crippen LogP contribution in [0.25, 0.3) is 0 Å². The lowest BCUT2D eigenvalue weighted by Crippen LogP contribution is -2.26. The summed E-state index contributed by atoms with van der Waals surface area (Å²) in [6, 6.07) is 4.12. The summed E-state index contributed by atoms with van der Waals surface area (Å²) in [6.07, 6.45) is 1.80. The number of aromatic nitrogens is 1. The van der Waals surface area contributed by atoms with E-state index in [0.29, 0.717) is 17.4 Å². The summed E-state index contributed by atoms with van der Waals surface area (Å²) >= 11 is 7.09. The number of carbonyl (C=O) groups excluding carboxylic acids is 1. The molecule has 1 aromatic heterocycles. The van der Waals surface area contributed by atoms with E-state index in [2.05, 4.69) is 4.98 Å². The van der Waals surface area contributed by atoms with Gasteiger partial charge in [-0.1, -0.05) is 11.6 Å². The smallest absolute Gasteiger partial charge is 0.235 e. The van der Waals surface area contributed by atoms with Crippen molar-refractivity contribution in [3.05, 3.63) is 40.6 Å². The zero-order valence-electron chi connectivity index (χ0n) is 10.7. The highest BCUT2D eigenvalue weighted by atomic mass is 35.5. The van der Waals surface area contributed by atoms with E-state index in [0.717, 1.165) is 0 Å². The Bertz CT molecular complexity index is 592. The predicted molar refractivity (Wildman–Crippen MR) is 77.2 cm³/mol. The Hall–Kier alpha value is -1.50. The van der Waals surface area contributed by atoms with E-state index < -0.39 is 5.82 Å². The first-order valence-corrected chi connectivity index (χ1v) is 7.05. The maximum Gasteiger partial charge on any atom is 0.235 e. The molecule has 0 N–H and O–H groups in total. The molecule has 0 unspecified atom stereocenters. The molecule has 4 nitrogen and oxygen atoms in total. The summed E-state index contributed by atoms with van der Waals surface area (Å²) in [6.45, 7) is 0.301. The lowest BCUT2D eigenvalue weighted by molar-refractivity contribution is -0.118. The van der Waals surface area contributed by atoms with Crippen molar-refractivity contribution in [2.45, 2.75) is 6.42 Å². The number of ether oxygens (including phenoxy) is 1. The molecular formula is C13H12ClFN2O2S. The number of anilines is 2. The second-order valence-corrected chi connectivity index (χ2v) is 5.17. The SMILES string of the molecule is COCCC(=O)N(c1ccc(F)c(Cl)c1)c1nccs1. The Labute approximate surface area is 124 Å². The number of rotatable bonds is 5. The maximum atomic E-state index is 13.2. The van der Waals surface area contributed by atoms with Crippen molar-refractivity contribution in [3.63, 3.8) is 0 Å². The van der Waals surface area contributed by atoms with Gasteiger partial charge in [0.1, 0.15) is 5.82 Å². The summed E-state index contributed by atoms with van der Waals surface area (Å²) in [5, 5.41) is 2.23. The van der Waals surface area contributed by atoms with Crippen LogP contribution in [0.1, 0.15) is 6.42 Å². The number of nitrogens with zero attached hydrogens (tertiary/aromatic N) is 2. The Kier molecular flexibility index (Phi) is 5.05. The Morgan fingerprint density at radius 3 is 2.95 bits per heavy atom. The Balaban J connectivity index is 2.35. The minimum Gasteiger partial charge on any atom is -0.384 e. The van der Waals surface area contributed by atoms with Crippen molar-refractivity contribution in [2.24, 2.45) is 0 Å². The molecule has 0 atom stereocenters. The van der Waals surface area contributed by atoms with E-state index in [1.165, 1.54) is 41.5 Å². The largest absolute Gasteiger partial charge is 0.384 e. The monoisotopic (exact) mass is 314 g/mol. The molecular weight excluding hydrogens is 303 g/mol. The van der Waals surface area contributed by atoms with Gasteiger partial charge in [-0.15, -0.1) is 11.3 Å². The Morgan fingerprint density at radius 1 is 1.55 bits per heavy atom. The molecule has 2 aromatic rings. The number of benzene rings is 1. The quantitative estimate of drug-likeness (QED) is 0.846. The third kappa shape index (κ3) is 3.33. The molecule has 2 rings (SSSR count). The van der Waals surface area contributed by atoms with Crippen LogP contribution in [-0.2, 0) is 9.53 Å². The fraction of sp³-hybridized carbons (Fsp3) is 0.231. The zero-order chi connectivity index (χ0) is 14.5. The highest BCUT2D eigenvalue weighted by molar-refractivity contribution is 7.13. The van der Waals surface area contributed by atoms with Gasteiger partial charge in [0.25, 0.3) is 0 Å². The van der Waals surface area contributed by atoms with Crippen LogP contribution in [-0.4, -0.2) is 24.6 Å². The molecule has 0 aliphatic rings. The van der Waals surface area contributed by atoms with E-state index in [-0.39, 0.29) is 17.4 Å². The second kappa shape index (κ2) is 6.78. The van der Waals surface area contributed by atoms with E-state index in [9.17, 15) is 9.18 Å². The topological polar surface area (TPSA) is 42.4 Å². The molecule has 0 radical (unpaired) electrons. The average molecular weight is 315 g/mol. The van der Waals surface area contributed by atoms with Gasteiger partial charge in [0.2, 0.25) is 5.91 Å². The molecule has 0 aliphatic carbocycles. The fourth-order valence-corrected chi connectivity index (χ4v) is 2.47. The van der Waals surface area contributed by atoms with Crippen LogP contribution >= 0.6 is 22.9 Å². The van der Waals surface area contributed by atoms with Crippen LogP contribution in [0.4, 0.5) is 15.2 Å². The normalized spacial score (nSPS) is 10.6. The van der Waals surface area contributed by atoms with Crippen LogP contribution in [0.3, 0.4) is 0 Å².